The molecule has 1 aliphatic rings. The van der Waals surface area contributed by atoms with Crippen molar-refractivity contribution in [1.82, 2.24) is 25.1 Å². The van der Waals surface area contributed by atoms with Crippen molar-refractivity contribution in [2.45, 2.75) is 19.4 Å². The summed E-state index contributed by atoms with van der Waals surface area (Å²) in [5.41, 5.74) is 1.20. The van der Waals surface area contributed by atoms with E-state index in [2.05, 4.69) is 20.2 Å². The Balaban J connectivity index is 1.60. The number of aromatic nitrogens is 4. The van der Waals surface area contributed by atoms with Crippen LogP contribution >= 0.6 is 0 Å². The van der Waals surface area contributed by atoms with Gasteiger partial charge in [-0.05, 0) is 13.0 Å². The highest BCUT2D eigenvalue weighted by Gasteiger charge is 2.29. The lowest BCUT2D eigenvalue weighted by Crippen LogP contribution is -2.31. The average Bonchev–Trinajstić information content (AvgIpc) is 2.98. The highest BCUT2D eigenvalue weighted by Crippen LogP contribution is 2.17. The van der Waals surface area contributed by atoms with Gasteiger partial charge >= 0.3 is 0 Å². The zero-order valence-electron chi connectivity index (χ0n) is 11.6. The number of likely N-dealkylation sites (tertiary alicyclic amines) is 1. The van der Waals surface area contributed by atoms with E-state index in [1.165, 1.54) is 12.4 Å². The molecular weight excluding hydrogens is 270 g/mol. The van der Waals surface area contributed by atoms with Gasteiger partial charge in [0.15, 0.2) is 0 Å². The van der Waals surface area contributed by atoms with Gasteiger partial charge in [-0.1, -0.05) is 0 Å². The van der Waals surface area contributed by atoms with E-state index in [1.807, 2.05) is 13.0 Å². The van der Waals surface area contributed by atoms with Gasteiger partial charge in [0.1, 0.15) is 11.8 Å². The molecule has 0 radical (unpaired) electrons. The van der Waals surface area contributed by atoms with Crippen molar-refractivity contribution in [3.8, 4) is 5.88 Å². The predicted octanol–water partition coefficient (Wildman–Crippen LogP) is 0.869. The van der Waals surface area contributed by atoms with Crippen LogP contribution in [-0.4, -0.2) is 50.2 Å². The van der Waals surface area contributed by atoms with Gasteiger partial charge in [0.05, 0.1) is 18.4 Å². The zero-order valence-corrected chi connectivity index (χ0v) is 11.6. The quantitative estimate of drug-likeness (QED) is 0.832. The Morgan fingerprint density at radius 3 is 2.95 bits per heavy atom. The minimum absolute atomic E-state index is 0.0670. The lowest BCUT2D eigenvalue weighted by Gasteiger charge is -2.16. The first-order valence-corrected chi connectivity index (χ1v) is 6.74. The fraction of sp³-hybridized carbons (Fsp3) is 0.357. The van der Waals surface area contributed by atoms with Gasteiger partial charge in [0, 0.05) is 31.4 Å². The molecule has 1 fully saturated rings. The molecule has 3 heterocycles. The molecule has 1 unspecified atom stereocenters. The van der Waals surface area contributed by atoms with Gasteiger partial charge in [-0.3, -0.25) is 9.78 Å². The van der Waals surface area contributed by atoms with Crippen LogP contribution in [0.4, 0.5) is 0 Å². The van der Waals surface area contributed by atoms with Gasteiger partial charge < -0.3 is 9.64 Å². The number of carbonyl (C=O) groups is 1. The molecule has 21 heavy (non-hydrogen) atoms. The van der Waals surface area contributed by atoms with Crippen molar-refractivity contribution in [2.24, 2.45) is 0 Å². The van der Waals surface area contributed by atoms with Gasteiger partial charge in [-0.15, -0.1) is 5.10 Å². The normalized spacial score (nSPS) is 17.8. The number of ether oxygens (including phenoxy) is 1. The third-order valence-electron chi connectivity index (χ3n) is 3.28. The van der Waals surface area contributed by atoms with E-state index in [-0.39, 0.29) is 12.0 Å². The molecule has 108 valence electrons. The topological polar surface area (TPSA) is 81.1 Å². The van der Waals surface area contributed by atoms with Crippen LogP contribution < -0.4 is 4.74 Å². The molecule has 7 nitrogen and oxygen atoms in total. The number of hydrogen-bond acceptors (Lipinski definition) is 6. The standard InChI is InChI=1S/C14H15N5O2/c1-10-2-3-13(18-17-10)21-11-4-7-19(9-11)14(20)12-8-15-5-6-16-12/h2-3,5-6,8,11H,4,7,9H2,1H3. The minimum atomic E-state index is -0.121. The molecule has 7 heteroatoms. The Hall–Kier alpha value is -2.57. The summed E-state index contributed by atoms with van der Waals surface area (Å²) in [4.78, 5) is 21.9. The van der Waals surface area contributed by atoms with Crippen molar-refractivity contribution in [3.05, 3.63) is 42.1 Å². The van der Waals surface area contributed by atoms with Crippen LogP contribution in [0.3, 0.4) is 0 Å². The first kappa shape index (κ1) is 13.4. The molecule has 1 atom stereocenters. The highest BCUT2D eigenvalue weighted by atomic mass is 16.5. The maximum absolute atomic E-state index is 12.2. The Labute approximate surface area is 122 Å². The smallest absolute Gasteiger partial charge is 0.274 e. The van der Waals surface area contributed by atoms with Crippen LogP contribution in [0.15, 0.2) is 30.7 Å². The third-order valence-corrected chi connectivity index (χ3v) is 3.28. The second-order valence-corrected chi connectivity index (χ2v) is 4.88. The summed E-state index contributed by atoms with van der Waals surface area (Å²) in [7, 11) is 0. The number of nitrogens with zero attached hydrogens (tertiary/aromatic N) is 5. The van der Waals surface area contributed by atoms with Crippen molar-refractivity contribution in [2.75, 3.05) is 13.1 Å². The molecule has 1 amide bonds. The van der Waals surface area contributed by atoms with Crippen molar-refractivity contribution in [3.63, 3.8) is 0 Å². The van der Waals surface area contributed by atoms with Crippen molar-refractivity contribution < 1.29 is 9.53 Å². The summed E-state index contributed by atoms with van der Waals surface area (Å²) in [6.07, 6.45) is 5.23. The monoisotopic (exact) mass is 285 g/mol. The third kappa shape index (κ3) is 3.13. The Morgan fingerprint density at radius 1 is 1.33 bits per heavy atom. The molecule has 3 rings (SSSR count). The van der Waals surface area contributed by atoms with Crippen molar-refractivity contribution >= 4 is 5.91 Å². The van der Waals surface area contributed by atoms with Gasteiger partial charge in [0.2, 0.25) is 5.88 Å². The molecule has 0 bridgehead atoms. The summed E-state index contributed by atoms with van der Waals surface area (Å²) >= 11 is 0. The summed E-state index contributed by atoms with van der Waals surface area (Å²) in [6, 6.07) is 3.63. The van der Waals surface area contributed by atoms with Gasteiger partial charge in [-0.25, -0.2) is 4.98 Å². The minimum Gasteiger partial charge on any atom is -0.471 e. The van der Waals surface area contributed by atoms with Gasteiger partial charge in [-0.2, -0.15) is 5.10 Å². The van der Waals surface area contributed by atoms with Crippen LogP contribution in [0.2, 0.25) is 0 Å². The Kier molecular flexibility index (Phi) is 3.72. The SMILES string of the molecule is Cc1ccc(OC2CCN(C(=O)c3cnccn3)C2)nn1. The van der Waals surface area contributed by atoms with Crippen LogP contribution in [0, 0.1) is 6.92 Å². The van der Waals surface area contributed by atoms with Crippen LogP contribution in [-0.2, 0) is 0 Å². The highest BCUT2D eigenvalue weighted by molar-refractivity contribution is 5.92. The zero-order chi connectivity index (χ0) is 14.7. The fourth-order valence-corrected chi connectivity index (χ4v) is 2.20. The van der Waals surface area contributed by atoms with Crippen molar-refractivity contribution in [1.29, 1.82) is 0 Å². The first-order valence-electron chi connectivity index (χ1n) is 6.74. The summed E-state index contributed by atoms with van der Waals surface area (Å²) < 4.78 is 5.74. The fourth-order valence-electron chi connectivity index (χ4n) is 2.20. The second kappa shape index (κ2) is 5.82. The first-order chi connectivity index (χ1) is 10.2. The number of carbonyl (C=O) groups excluding carboxylic acids is 1. The maximum atomic E-state index is 12.2. The molecule has 1 aliphatic heterocycles. The molecule has 0 aliphatic carbocycles. The molecule has 0 spiro atoms. The number of hydrogen-bond donors (Lipinski definition) is 0. The van der Waals surface area contributed by atoms with E-state index in [0.717, 1.165) is 12.1 Å². The van der Waals surface area contributed by atoms with E-state index < -0.39 is 0 Å². The number of rotatable bonds is 3. The lowest BCUT2D eigenvalue weighted by molar-refractivity contribution is 0.0764. The molecule has 0 aromatic carbocycles. The molecule has 2 aromatic heterocycles. The Bertz CT molecular complexity index is 617. The summed E-state index contributed by atoms with van der Waals surface area (Å²) in [5.74, 6) is 0.364. The largest absolute Gasteiger partial charge is 0.471 e. The average molecular weight is 285 g/mol. The second-order valence-electron chi connectivity index (χ2n) is 4.88. The van der Waals surface area contributed by atoms with E-state index in [4.69, 9.17) is 4.74 Å². The molecular formula is C14H15N5O2. The summed E-state index contributed by atoms with van der Waals surface area (Å²) in [5, 5.41) is 7.92. The maximum Gasteiger partial charge on any atom is 0.274 e. The van der Waals surface area contributed by atoms with E-state index in [0.29, 0.717) is 24.7 Å². The Morgan fingerprint density at radius 2 is 2.24 bits per heavy atom. The van der Waals surface area contributed by atoms with Crippen LogP contribution in [0.1, 0.15) is 22.6 Å². The van der Waals surface area contributed by atoms with Crippen LogP contribution in [0.25, 0.3) is 0 Å². The predicted molar refractivity (Wildman–Crippen MR) is 73.7 cm³/mol. The van der Waals surface area contributed by atoms with E-state index in [1.54, 1.807) is 17.2 Å². The summed E-state index contributed by atoms with van der Waals surface area (Å²) in [6.45, 7) is 3.03. The number of amides is 1. The molecule has 1 saturated heterocycles. The lowest BCUT2D eigenvalue weighted by atomic mass is 10.3. The van der Waals surface area contributed by atoms with Crippen LogP contribution in [0.5, 0.6) is 5.88 Å². The van der Waals surface area contributed by atoms with Gasteiger partial charge in [0.25, 0.3) is 5.91 Å². The molecule has 0 saturated carbocycles. The molecule has 0 N–H and O–H groups in total. The molecule has 2 aromatic rings. The van der Waals surface area contributed by atoms with E-state index >= 15 is 0 Å². The van der Waals surface area contributed by atoms with E-state index in [9.17, 15) is 4.79 Å². The number of aryl methyl sites for hydroxylation is 1.